The second-order valence-electron chi connectivity index (χ2n) is 6.08. The molecule has 1 saturated heterocycles. The largest absolute Gasteiger partial charge is 0.396 e. The SMILES string of the molecule is CN(CC(C)(C)CO)C(=O)COC[C@@H]1CCCCO1. The molecule has 1 fully saturated rings. The number of aliphatic hydroxyl groups is 1. The van der Waals surface area contributed by atoms with Gasteiger partial charge in [0.15, 0.2) is 0 Å². The fraction of sp³-hybridized carbons (Fsp3) is 0.929. The van der Waals surface area contributed by atoms with Crippen LogP contribution in [0, 0.1) is 5.41 Å². The Morgan fingerprint density at radius 2 is 2.21 bits per heavy atom. The zero-order valence-electron chi connectivity index (χ0n) is 12.4. The first-order valence-corrected chi connectivity index (χ1v) is 6.99. The van der Waals surface area contributed by atoms with Gasteiger partial charge in [-0.1, -0.05) is 13.8 Å². The summed E-state index contributed by atoms with van der Waals surface area (Å²) in [6.45, 7) is 5.79. The summed E-state index contributed by atoms with van der Waals surface area (Å²) in [5.74, 6) is -0.0580. The molecule has 1 amide bonds. The smallest absolute Gasteiger partial charge is 0.248 e. The Morgan fingerprint density at radius 3 is 2.79 bits per heavy atom. The highest BCUT2D eigenvalue weighted by Gasteiger charge is 2.22. The van der Waals surface area contributed by atoms with Crippen LogP contribution in [0.15, 0.2) is 0 Å². The molecule has 5 nitrogen and oxygen atoms in total. The Kier molecular flexibility index (Phi) is 6.75. The molecule has 1 rings (SSSR count). The minimum Gasteiger partial charge on any atom is -0.396 e. The Labute approximate surface area is 115 Å². The molecule has 1 N–H and O–H groups in total. The molecule has 112 valence electrons. The molecule has 19 heavy (non-hydrogen) atoms. The molecule has 0 aromatic heterocycles. The number of likely N-dealkylation sites (N-methyl/N-ethyl adjacent to an activating group) is 1. The number of aliphatic hydroxyl groups excluding tert-OH is 1. The number of rotatable bonds is 7. The second kappa shape index (κ2) is 7.82. The number of carbonyl (C=O) groups excluding carboxylic acids is 1. The van der Waals surface area contributed by atoms with Crippen LogP contribution in [-0.4, -0.2) is 62.0 Å². The van der Waals surface area contributed by atoms with Crippen molar-refractivity contribution in [1.82, 2.24) is 4.90 Å². The lowest BCUT2D eigenvalue weighted by Crippen LogP contribution is -2.40. The molecule has 1 atom stereocenters. The van der Waals surface area contributed by atoms with Gasteiger partial charge in [0.25, 0.3) is 0 Å². The number of hydrogen-bond acceptors (Lipinski definition) is 4. The summed E-state index contributed by atoms with van der Waals surface area (Å²) in [7, 11) is 1.74. The average molecular weight is 273 g/mol. The van der Waals surface area contributed by atoms with Crippen molar-refractivity contribution in [3.63, 3.8) is 0 Å². The van der Waals surface area contributed by atoms with Crippen LogP contribution in [0.4, 0.5) is 0 Å². The first-order chi connectivity index (χ1) is 8.94. The Hall–Kier alpha value is -0.650. The van der Waals surface area contributed by atoms with E-state index in [9.17, 15) is 9.90 Å². The summed E-state index contributed by atoms with van der Waals surface area (Å²) in [6, 6.07) is 0. The third-order valence-electron chi connectivity index (χ3n) is 3.32. The highest BCUT2D eigenvalue weighted by molar-refractivity contribution is 5.77. The molecule has 0 aromatic rings. The summed E-state index contributed by atoms with van der Waals surface area (Å²) in [6.07, 6.45) is 3.45. The predicted octanol–water partition coefficient (Wildman–Crippen LogP) is 1.05. The van der Waals surface area contributed by atoms with Crippen LogP contribution < -0.4 is 0 Å². The van der Waals surface area contributed by atoms with Crippen molar-refractivity contribution in [2.24, 2.45) is 5.41 Å². The Balaban J connectivity index is 2.19. The van der Waals surface area contributed by atoms with Crippen molar-refractivity contribution in [2.75, 3.05) is 40.0 Å². The molecule has 0 aromatic carbocycles. The molecule has 0 bridgehead atoms. The number of amides is 1. The number of carbonyl (C=O) groups is 1. The molecular formula is C14H27NO4. The second-order valence-corrected chi connectivity index (χ2v) is 6.08. The standard InChI is InChI=1S/C14H27NO4/c1-14(2,11-16)10-15(3)13(17)9-18-8-12-6-4-5-7-19-12/h12,16H,4-11H2,1-3H3/t12-/m0/s1. The van der Waals surface area contributed by atoms with Gasteiger partial charge in [-0.25, -0.2) is 0 Å². The van der Waals surface area contributed by atoms with Crippen LogP contribution in [0.3, 0.4) is 0 Å². The fourth-order valence-corrected chi connectivity index (χ4v) is 2.11. The van der Waals surface area contributed by atoms with Crippen LogP contribution in [0.5, 0.6) is 0 Å². The van der Waals surface area contributed by atoms with Gasteiger partial charge in [-0.15, -0.1) is 0 Å². The number of nitrogens with zero attached hydrogens (tertiary/aromatic N) is 1. The lowest BCUT2D eigenvalue weighted by atomic mass is 9.94. The zero-order chi connectivity index (χ0) is 14.3. The monoisotopic (exact) mass is 273 g/mol. The topological polar surface area (TPSA) is 59.0 Å². The van der Waals surface area contributed by atoms with Gasteiger partial charge in [0, 0.05) is 32.2 Å². The van der Waals surface area contributed by atoms with Gasteiger partial charge < -0.3 is 19.5 Å². The Morgan fingerprint density at radius 1 is 1.47 bits per heavy atom. The van der Waals surface area contributed by atoms with E-state index in [0.717, 1.165) is 19.4 Å². The van der Waals surface area contributed by atoms with E-state index in [2.05, 4.69) is 0 Å². The van der Waals surface area contributed by atoms with Gasteiger partial charge in [-0.05, 0) is 19.3 Å². The number of ether oxygens (including phenoxy) is 2. The van der Waals surface area contributed by atoms with Crippen LogP contribution in [0.25, 0.3) is 0 Å². The van der Waals surface area contributed by atoms with Crippen molar-refractivity contribution in [3.8, 4) is 0 Å². The molecule has 1 heterocycles. The molecule has 0 radical (unpaired) electrons. The first kappa shape index (κ1) is 16.4. The van der Waals surface area contributed by atoms with Crippen molar-refractivity contribution in [3.05, 3.63) is 0 Å². The molecule has 1 aliphatic heterocycles. The summed E-state index contributed by atoms with van der Waals surface area (Å²) in [4.78, 5) is 13.5. The van der Waals surface area contributed by atoms with E-state index in [0.29, 0.717) is 13.2 Å². The normalized spacial score (nSPS) is 20.3. The van der Waals surface area contributed by atoms with Crippen LogP contribution in [0.1, 0.15) is 33.1 Å². The van der Waals surface area contributed by atoms with Gasteiger partial charge >= 0.3 is 0 Å². The van der Waals surface area contributed by atoms with Gasteiger partial charge in [-0.3, -0.25) is 4.79 Å². The summed E-state index contributed by atoms with van der Waals surface area (Å²) in [5, 5.41) is 9.19. The molecule has 1 aliphatic rings. The fourth-order valence-electron chi connectivity index (χ4n) is 2.11. The third-order valence-corrected chi connectivity index (χ3v) is 3.32. The maximum absolute atomic E-state index is 11.9. The lowest BCUT2D eigenvalue weighted by molar-refractivity contribution is -0.138. The summed E-state index contributed by atoms with van der Waals surface area (Å²) in [5.41, 5.74) is -0.281. The van der Waals surface area contributed by atoms with Crippen LogP contribution >= 0.6 is 0 Å². The van der Waals surface area contributed by atoms with Crippen molar-refractivity contribution >= 4 is 5.91 Å². The van der Waals surface area contributed by atoms with E-state index in [1.165, 1.54) is 6.42 Å². The zero-order valence-corrected chi connectivity index (χ0v) is 12.4. The van der Waals surface area contributed by atoms with Crippen molar-refractivity contribution < 1.29 is 19.4 Å². The highest BCUT2D eigenvalue weighted by Crippen LogP contribution is 2.15. The van der Waals surface area contributed by atoms with E-state index < -0.39 is 0 Å². The lowest BCUT2D eigenvalue weighted by Gasteiger charge is -2.28. The highest BCUT2D eigenvalue weighted by atomic mass is 16.5. The van der Waals surface area contributed by atoms with Crippen molar-refractivity contribution in [2.45, 2.75) is 39.2 Å². The molecule has 0 aliphatic carbocycles. The van der Waals surface area contributed by atoms with E-state index in [-0.39, 0.29) is 30.6 Å². The predicted molar refractivity (Wildman–Crippen MR) is 72.9 cm³/mol. The molecule has 0 unspecified atom stereocenters. The minimum absolute atomic E-state index is 0.0569. The average Bonchev–Trinajstić information content (AvgIpc) is 2.39. The maximum Gasteiger partial charge on any atom is 0.248 e. The first-order valence-electron chi connectivity index (χ1n) is 6.99. The third kappa shape index (κ3) is 6.36. The van der Waals surface area contributed by atoms with E-state index in [1.54, 1.807) is 11.9 Å². The quantitative estimate of drug-likeness (QED) is 0.753. The van der Waals surface area contributed by atoms with Crippen LogP contribution in [-0.2, 0) is 14.3 Å². The summed E-state index contributed by atoms with van der Waals surface area (Å²) >= 11 is 0. The van der Waals surface area contributed by atoms with Gasteiger partial charge in [0.1, 0.15) is 6.61 Å². The summed E-state index contributed by atoms with van der Waals surface area (Å²) < 4.78 is 11.0. The number of hydrogen-bond donors (Lipinski definition) is 1. The van der Waals surface area contributed by atoms with Gasteiger partial charge in [-0.2, -0.15) is 0 Å². The Bertz CT molecular complexity index is 275. The molecule has 0 spiro atoms. The van der Waals surface area contributed by atoms with Gasteiger partial charge in [0.05, 0.1) is 12.7 Å². The van der Waals surface area contributed by atoms with Gasteiger partial charge in [0.2, 0.25) is 5.91 Å². The van der Waals surface area contributed by atoms with Crippen LogP contribution in [0.2, 0.25) is 0 Å². The van der Waals surface area contributed by atoms with E-state index >= 15 is 0 Å². The minimum atomic E-state index is -0.281. The maximum atomic E-state index is 11.9. The molecule has 5 heteroatoms. The molecular weight excluding hydrogens is 246 g/mol. The van der Waals surface area contributed by atoms with Crippen molar-refractivity contribution in [1.29, 1.82) is 0 Å². The molecule has 0 saturated carbocycles. The van der Waals surface area contributed by atoms with E-state index in [4.69, 9.17) is 9.47 Å². The van der Waals surface area contributed by atoms with E-state index in [1.807, 2.05) is 13.8 Å².